The lowest BCUT2D eigenvalue weighted by Gasteiger charge is -2.12. The maximum Gasteiger partial charge on any atom is 0.433 e. The Hall–Kier alpha value is -2.10. The van der Waals surface area contributed by atoms with Crippen LogP contribution in [0, 0.1) is 0 Å². The first-order valence-corrected chi connectivity index (χ1v) is 7.05. The molecule has 0 aromatic carbocycles. The molecule has 0 bridgehead atoms. The Labute approximate surface area is 132 Å². The van der Waals surface area contributed by atoms with Crippen molar-refractivity contribution in [2.75, 3.05) is 45.7 Å². The molecule has 0 saturated carbocycles. The number of aromatic nitrogens is 2. The van der Waals surface area contributed by atoms with Gasteiger partial charge in [-0.3, -0.25) is 4.99 Å². The van der Waals surface area contributed by atoms with Crippen LogP contribution in [-0.4, -0.2) is 56.3 Å². The smallest absolute Gasteiger partial charge is 0.385 e. The molecule has 0 aliphatic rings. The molecule has 0 aliphatic heterocycles. The van der Waals surface area contributed by atoms with Gasteiger partial charge in [-0.05, 0) is 12.5 Å². The van der Waals surface area contributed by atoms with E-state index in [0.717, 1.165) is 18.7 Å². The van der Waals surface area contributed by atoms with Crippen LogP contribution in [0.5, 0.6) is 0 Å². The quantitative estimate of drug-likeness (QED) is 0.375. The molecule has 0 fully saturated rings. The zero-order valence-electron chi connectivity index (χ0n) is 13.1. The Bertz CT molecular complexity index is 495. The molecule has 0 radical (unpaired) electrons. The summed E-state index contributed by atoms with van der Waals surface area (Å²) < 4.78 is 42.5. The van der Waals surface area contributed by atoms with Gasteiger partial charge in [0.2, 0.25) is 5.95 Å². The lowest BCUT2D eigenvalue weighted by molar-refractivity contribution is -0.141. The highest BCUT2D eigenvalue weighted by Crippen LogP contribution is 2.27. The van der Waals surface area contributed by atoms with Gasteiger partial charge in [0.25, 0.3) is 0 Å². The number of alkyl halides is 3. The minimum absolute atomic E-state index is 0.0651. The van der Waals surface area contributed by atoms with E-state index in [-0.39, 0.29) is 5.95 Å². The fourth-order valence-corrected chi connectivity index (χ4v) is 1.60. The summed E-state index contributed by atoms with van der Waals surface area (Å²) in [6.45, 7) is 2.15. The molecule has 3 N–H and O–H groups in total. The van der Waals surface area contributed by atoms with E-state index in [4.69, 9.17) is 4.74 Å². The van der Waals surface area contributed by atoms with Crippen molar-refractivity contribution in [1.82, 2.24) is 20.6 Å². The second-order valence-corrected chi connectivity index (χ2v) is 4.46. The van der Waals surface area contributed by atoms with E-state index in [9.17, 15) is 13.2 Å². The van der Waals surface area contributed by atoms with Crippen molar-refractivity contribution in [2.24, 2.45) is 4.99 Å². The molecule has 23 heavy (non-hydrogen) atoms. The number of methoxy groups -OCH3 is 1. The van der Waals surface area contributed by atoms with Gasteiger partial charge in [0.05, 0.1) is 0 Å². The van der Waals surface area contributed by atoms with E-state index in [0.29, 0.717) is 32.2 Å². The number of anilines is 1. The van der Waals surface area contributed by atoms with Crippen LogP contribution in [0.25, 0.3) is 0 Å². The molecule has 0 amide bonds. The number of hydrogen-bond donors (Lipinski definition) is 3. The Morgan fingerprint density at radius 3 is 2.65 bits per heavy atom. The van der Waals surface area contributed by atoms with Gasteiger partial charge in [-0.1, -0.05) is 0 Å². The summed E-state index contributed by atoms with van der Waals surface area (Å²) >= 11 is 0. The highest BCUT2D eigenvalue weighted by molar-refractivity contribution is 5.79. The summed E-state index contributed by atoms with van der Waals surface area (Å²) in [6.07, 6.45) is -2.57. The summed E-state index contributed by atoms with van der Waals surface area (Å²) in [5.74, 6) is 0.539. The van der Waals surface area contributed by atoms with E-state index in [1.807, 2.05) is 0 Å². The first-order valence-electron chi connectivity index (χ1n) is 7.05. The van der Waals surface area contributed by atoms with Crippen molar-refractivity contribution in [3.05, 3.63) is 18.0 Å². The van der Waals surface area contributed by atoms with Crippen LogP contribution < -0.4 is 16.0 Å². The van der Waals surface area contributed by atoms with Crippen LogP contribution in [0.15, 0.2) is 17.3 Å². The average molecular weight is 334 g/mol. The molecule has 0 saturated heterocycles. The molecule has 0 atom stereocenters. The van der Waals surface area contributed by atoms with Crippen molar-refractivity contribution in [1.29, 1.82) is 0 Å². The number of aliphatic imine (C=N–C) groups is 1. The molecule has 1 aromatic heterocycles. The zero-order chi connectivity index (χ0) is 17.1. The van der Waals surface area contributed by atoms with Gasteiger partial charge in [0.1, 0.15) is 5.69 Å². The summed E-state index contributed by atoms with van der Waals surface area (Å²) in [4.78, 5) is 11.2. The van der Waals surface area contributed by atoms with Crippen LogP contribution in [0.4, 0.5) is 19.1 Å². The molecule has 10 heteroatoms. The first-order chi connectivity index (χ1) is 11.0. The number of guanidine groups is 1. The number of ether oxygens (including phenoxy) is 1. The summed E-state index contributed by atoms with van der Waals surface area (Å²) in [5, 5.41) is 8.83. The van der Waals surface area contributed by atoms with Gasteiger partial charge in [-0.25, -0.2) is 9.97 Å². The van der Waals surface area contributed by atoms with E-state index >= 15 is 0 Å². The van der Waals surface area contributed by atoms with E-state index in [1.165, 1.54) is 0 Å². The van der Waals surface area contributed by atoms with Gasteiger partial charge >= 0.3 is 6.18 Å². The zero-order valence-corrected chi connectivity index (χ0v) is 13.1. The monoisotopic (exact) mass is 334 g/mol. The summed E-state index contributed by atoms with van der Waals surface area (Å²) in [6, 6.07) is 0.829. The largest absolute Gasteiger partial charge is 0.433 e. The van der Waals surface area contributed by atoms with Crippen LogP contribution in [-0.2, 0) is 10.9 Å². The van der Waals surface area contributed by atoms with Crippen LogP contribution in [0.3, 0.4) is 0 Å². The molecular weight excluding hydrogens is 313 g/mol. The normalized spacial score (nSPS) is 12.1. The van der Waals surface area contributed by atoms with Gasteiger partial charge in [-0.15, -0.1) is 0 Å². The summed E-state index contributed by atoms with van der Waals surface area (Å²) in [7, 11) is 3.27. The molecule has 130 valence electrons. The van der Waals surface area contributed by atoms with Crippen molar-refractivity contribution in [3.8, 4) is 0 Å². The molecule has 1 heterocycles. The minimum Gasteiger partial charge on any atom is -0.385 e. The molecule has 7 nitrogen and oxygen atoms in total. The second-order valence-electron chi connectivity index (χ2n) is 4.46. The highest BCUT2D eigenvalue weighted by Gasteiger charge is 2.32. The highest BCUT2D eigenvalue weighted by atomic mass is 19.4. The molecule has 0 aliphatic carbocycles. The molecule has 0 spiro atoms. The lowest BCUT2D eigenvalue weighted by atomic mass is 10.4. The van der Waals surface area contributed by atoms with Gasteiger partial charge < -0.3 is 20.7 Å². The standard InChI is InChI=1S/C13H21F3N6O/c1-17-11(18-5-3-9-23-2)20-7-8-21-12-19-6-4-10(22-12)13(14,15)16/h4,6H,3,5,7-9H2,1-2H3,(H2,17,18,20)(H,19,21,22). The lowest BCUT2D eigenvalue weighted by Crippen LogP contribution is -2.40. The van der Waals surface area contributed by atoms with Crippen molar-refractivity contribution in [2.45, 2.75) is 12.6 Å². The molecule has 0 unspecified atom stereocenters. The van der Waals surface area contributed by atoms with Gasteiger partial charge in [-0.2, -0.15) is 13.2 Å². The predicted octanol–water partition coefficient (Wildman–Crippen LogP) is 1.11. The fourth-order valence-electron chi connectivity index (χ4n) is 1.60. The SMILES string of the molecule is CN=C(NCCCOC)NCCNc1nccc(C(F)(F)F)n1. The van der Waals surface area contributed by atoms with Gasteiger partial charge in [0, 0.05) is 46.6 Å². The Balaban J connectivity index is 2.31. The topological polar surface area (TPSA) is 83.5 Å². The number of nitrogens with zero attached hydrogens (tertiary/aromatic N) is 3. The van der Waals surface area contributed by atoms with E-state index in [1.54, 1.807) is 14.2 Å². The van der Waals surface area contributed by atoms with Crippen LogP contribution in [0.2, 0.25) is 0 Å². The second kappa shape index (κ2) is 9.82. The third-order valence-corrected chi connectivity index (χ3v) is 2.69. The van der Waals surface area contributed by atoms with Crippen molar-refractivity contribution >= 4 is 11.9 Å². The predicted molar refractivity (Wildman–Crippen MR) is 81.4 cm³/mol. The first kappa shape index (κ1) is 18.9. The summed E-state index contributed by atoms with van der Waals surface area (Å²) in [5.41, 5.74) is -0.974. The number of halogens is 3. The molecule has 1 aromatic rings. The Kier molecular flexibility index (Phi) is 8.09. The maximum atomic E-state index is 12.5. The van der Waals surface area contributed by atoms with Crippen molar-refractivity contribution < 1.29 is 17.9 Å². The Morgan fingerprint density at radius 1 is 1.26 bits per heavy atom. The molecule has 1 rings (SSSR count). The Morgan fingerprint density at radius 2 is 2.00 bits per heavy atom. The van der Waals surface area contributed by atoms with Crippen molar-refractivity contribution in [3.63, 3.8) is 0 Å². The fraction of sp³-hybridized carbons (Fsp3) is 0.615. The third kappa shape index (κ3) is 7.63. The van der Waals surface area contributed by atoms with Crippen LogP contribution in [0.1, 0.15) is 12.1 Å². The number of nitrogens with one attached hydrogen (secondary N) is 3. The number of rotatable bonds is 8. The van der Waals surface area contributed by atoms with Gasteiger partial charge in [0.15, 0.2) is 5.96 Å². The van der Waals surface area contributed by atoms with E-state index in [2.05, 4.69) is 30.9 Å². The minimum atomic E-state index is -4.48. The number of hydrogen-bond acceptors (Lipinski definition) is 5. The van der Waals surface area contributed by atoms with E-state index < -0.39 is 11.9 Å². The van der Waals surface area contributed by atoms with Crippen LogP contribution >= 0.6 is 0 Å². The maximum absolute atomic E-state index is 12.5. The third-order valence-electron chi connectivity index (χ3n) is 2.69. The molecular formula is C13H21F3N6O. The average Bonchev–Trinajstić information content (AvgIpc) is 2.53.